The van der Waals surface area contributed by atoms with E-state index < -0.39 is 5.41 Å². The lowest BCUT2D eigenvalue weighted by Crippen LogP contribution is -2.34. The van der Waals surface area contributed by atoms with Crippen molar-refractivity contribution in [3.05, 3.63) is 33.9 Å². The van der Waals surface area contributed by atoms with E-state index in [0.717, 1.165) is 5.57 Å². The lowest BCUT2D eigenvalue weighted by Gasteiger charge is -2.41. The Balaban J connectivity index is 2.16. The highest BCUT2D eigenvalue weighted by atomic mass is 16.3. The normalized spacial score (nSPS) is 24.0. The van der Waals surface area contributed by atoms with Crippen LogP contribution in [0.5, 0.6) is 23.5 Å². The molecule has 24 heavy (non-hydrogen) atoms. The number of allylic oxidation sites excluding steroid dienone is 2. The van der Waals surface area contributed by atoms with Crippen molar-refractivity contribution >= 4 is 0 Å². The van der Waals surface area contributed by atoms with Crippen LogP contribution in [0, 0.1) is 0 Å². The SMILES string of the molecule is CCn1c(O)c2c(c1O)C1(C)C=C(C)C2c2c1c(O)n(CC)c2O. The Hall–Kier alpha value is -2.50. The van der Waals surface area contributed by atoms with Crippen LogP contribution in [-0.2, 0) is 18.5 Å². The van der Waals surface area contributed by atoms with Gasteiger partial charge in [0.05, 0.1) is 0 Å². The molecule has 0 aromatic carbocycles. The highest BCUT2D eigenvalue weighted by Crippen LogP contribution is 2.64. The topological polar surface area (TPSA) is 90.8 Å². The Kier molecular flexibility index (Phi) is 2.71. The van der Waals surface area contributed by atoms with Crippen LogP contribution >= 0.6 is 0 Å². The summed E-state index contributed by atoms with van der Waals surface area (Å²) in [5, 5.41) is 42.8. The molecule has 3 aliphatic carbocycles. The Bertz CT molecular complexity index is 854. The molecule has 0 atom stereocenters. The summed E-state index contributed by atoms with van der Waals surface area (Å²) in [6, 6.07) is 0. The van der Waals surface area contributed by atoms with Gasteiger partial charge in [-0.2, -0.15) is 0 Å². The van der Waals surface area contributed by atoms with E-state index in [2.05, 4.69) is 0 Å². The molecule has 128 valence electrons. The van der Waals surface area contributed by atoms with E-state index in [4.69, 9.17) is 0 Å². The largest absolute Gasteiger partial charge is 0.494 e. The fourth-order valence-corrected chi connectivity index (χ4v) is 4.80. The van der Waals surface area contributed by atoms with Gasteiger partial charge < -0.3 is 20.4 Å². The molecule has 6 nitrogen and oxygen atoms in total. The molecule has 0 unspecified atom stereocenters. The van der Waals surface area contributed by atoms with Gasteiger partial charge in [0.1, 0.15) is 0 Å². The lowest BCUT2D eigenvalue weighted by atomic mass is 9.59. The van der Waals surface area contributed by atoms with Gasteiger partial charge in [-0.3, -0.25) is 9.13 Å². The van der Waals surface area contributed by atoms with Gasteiger partial charge in [-0.1, -0.05) is 11.6 Å². The summed E-state index contributed by atoms with van der Waals surface area (Å²) in [5.41, 5.74) is 2.69. The van der Waals surface area contributed by atoms with Crippen molar-refractivity contribution in [3.63, 3.8) is 0 Å². The Morgan fingerprint density at radius 1 is 0.875 bits per heavy atom. The van der Waals surface area contributed by atoms with Crippen molar-refractivity contribution in [1.82, 2.24) is 9.13 Å². The second-order valence-electron chi connectivity index (χ2n) is 6.88. The van der Waals surface area contributed by atoms with E-state index in [1.165, 1.54) is 9.13 Å². The predicted molar refractivity (Wildman–Crippen MR) is 88.9 cm³/mol. The standard InChI is InChI=1S/C18H22N2O4/c1-5-19-14(21)10-9-8(3)7-18(4,12(10)16(19)23)13-11(9)15(22)20(6-2)17(13)24/h7,9,21-24H,5-6H2,1-4H3. The fraction of sp³-hybridized carbons (Fsp3) is 0.444. The summed E-state index contributed by atoms with van der Waals surface area (Å²) in [5.74, 6) is -0.260. The van der Waals surface area contributed by atoms with Crippen molar-refractivity contribution in [1.29, 1.82) is 0 Å². The molecule has 2 aromatic rings. The average molecular weight is 330 g/mol. The molecular weight excluding hydrogens is 308 g/mol. The van der Waals surface area contributed by atoms with Crippen LogP contribution in [0.1, 0.15) is 55.9 Å². The second kappa shape index (κ2) is 4.32. The van der Waals surface area contributed by atoms with E-state index in [0.29, 0.717) is 35.3 Å². The third-order valence-electron chi connectivity index (χ3n) is 5.71. The van der Waals surface area contributed by atoms with Gasteiger partial charge in [0, 0.05) is 46.7 Å². The van der Waals surface area contributed by atoms with Crippen LogP contribution in [0.25, 0.3) is 0 Å². The zero-order valence-corrected chi connectivity index (χ0v) is 14.3. The first-order chi connectivity index (χ1) is 11.3. The minimum atomic E-state index is -0.798. The van der Waals surface area contributed by atoms with E-state index in [1.807, 2.05) is 33.8 Å². The first-order valence-electron chi connectivity index (χ1n) is 8.28. The highest BCUT2D eigenvalue weighted by Gasteiger charge is 2.53. The lowest BCUT2D eigenvalue weighted by molar-refractivity contribution is 0.365. The van der Waals surface area contributed by atoms with E-state index in [1.54, 1.807) is 0 Å². The molecule has 4 N–H and O–H groups in total. The monoisotopic (exact) mass is 330 g/mol. The summed E-state index contributed by atoms with van der Waals surface area (Å²) in [4.78, 5) is 0. The van der Waals surface area contributed by atoms with Gasteiger partial charge in [0.2, 0.25) is 0 Å². The van der Waals surface area contributed by atoms with Crippen molar-refractivity contribution in [2.75, 3.05) is 0 Å². The summed E-state index contributed by atoms with van der Waals surface area (Å²) in [7, 11) is 0. The molecule has 0 radical (unpaired) electrons. The highest BCUT2D eigenvalue weighted by molar-refractivity contribution is 5.75. The number of aromatic hydroxyl groups is 4. The van der Waals surface area contributed by atoms with Crippen LogP contribution in [0.15, 0.2) is 11.6 Å². The average Bonchev–Trinajstić information content (AvgIpc) is 2.93. The molecule has 0 amide bonds. The van der Waals surface area contributed by atoms with Gasteiger partial charge in [-0.25, -0.2) is 0 Å². The first kappa shape index (κ1) is 15.1. The smallest absolute Gasteiger partial charge is 0.198 e. The van der Waals surface area contributed by atoms with Gasteiger partial charge in [-0.15, -0.1) is 0 Å². The third-order valence-corrected chi connectivity index (χ3v) is 5.71. The molecule has 2 aromatic heterocycles. The van der Waals surface area contributed by atoms with Crippen molar-refractivity contribution in [2.45, 2.75) is 52.1 Å². The number of nitrogens with zero attached hydrogens (tertiary/aromatic N) is 2. The molecule has 0 aliphatic heterocycles. The second-order valence-corrected chi connectivity index (χ2v) is 6.88. The summed E-state index contributed by atoms with van der Waals surface area (Å²) < 4.78 is 2.94. The summed E-state index contributed by atoms with van der Waals surface area (Å²) in [6.07, 6.45) is 2.01. The fourth-order valence-electron chi connectivity index (χ4n) is 4.80. The minimum Gasteiger partial charge on any atom is -0.494 e. The molecular formula is C18H22N2O4. The van der Waals surface area contributed by atoms with Crippen LogP contribution in [0.4, 0.5) is 0 Å². The molecule has 0 saturated heterocycles. The van der Waals surface area contributed by atoms with Crippen LogP contribution < -0.4 is 0 Å². The van der Waals surface area contributed by atoms with Gasteiger partial charge in [0.25, 0.3) is 0 Å². The molecule has 0 saturated carbocycles. The Morgan fingerprint density at radius 2 is 1.29 bits per heavy atom. The van der Waals surface area contributed by atoms with Gasteiger partial charge in [-0.05, 0) is 27.7 Å². The van der Waals surface area contributed by atoms with Crippen molar-refractivity contribution < 1.29 is 20.4 Å². The van der Waals surface area contributed by atoms with Gasteiger partial charge >= 0.3 is 0 Å². The molecule has 2 heterocycles. The number of aromatic nitrogens is 2. The van der Waals surface area contributed by atoms with Crippen LogP contribution in [0.2, 0.25) is 0 Å². The molecule has 2 bridgehead atoms. The number of hydrogen-bond donors (Lipinski definition) is 4. The van der Waals surface area contributed by atoms with Crippen LogP contribution in [-0.4, -0.2) is 29.6 Å². The zero-order chi connectivity index (χ0) is 17.5. The third kappa shape index (κ3) is 1.34. The van der Waals surface area contributed by atoms with Crippen molar-refractivity contribution in [3.8, 4) is 23.5 Å². The van der Waals surface area contributed by atoms with Crippen LogP contribution in [0.3, 0.4) is 0 Å². The summed E-state index contributed by atoms with van der Waals surface area (Å²) in [6.45, 7) is 8.43. The molecule has 5 rings (SSSR count). The summed E-state index contributed by atoms with van der Waals surface area (Å²) >= 11 is 0. The number of rotatable bonds is 2. The van der Waals surface area contributed by atoms with E-state index in [9.17, 15) is 20.4 Å². The molecule has 6 heteroatoms. The zero-order valence-electron chi connectivity index (χ0n) is 14.3. The molecule has 0 spiro atoms. The predicted octanol–water partition coefficient (Wildman–Crippen LogP) is 2.86. The van der Waals surface area contributed by atoms with E-state index >= 15 is 0 Å². The maximum absolute atomic E-state index is 10.7. The first-order valence-corrected chi connectivity index (χ1v) is 8.28. The quantitative estimate of drug-likeness (QED) is 0.637. The molecule has 0 fully saturated rings. The minimum absolute atomic E-state index is 0.0232. The van der Waals surface area contributed by atoms with Crippen molar-refractivity contribution in [2.24, 2.45) is 0 Å². The molecule has 3 aliphatic rings. The maximum atomic E-state index is 10.7. The van der Waals surface area contributed by atoms with E-state index in [-0.39, 0.29) is 29.4 Å². The number of hydrogen-bond acceptors (Lipinski definition) is 4. The van der Waals surface area contributed by atoms with Gasteiger partial charge in [0.15, 0.2) is 23.5 Å². The Morgan fingerprint density at radius 3 is 1.67 bits per heavy atom. The Labute approximate surface area is 139 Å². The maximum Gasteiger partial charge on any atom is 0.198 e.